The summed E-state index contributed by atoms with van der Waals surface area (Å²) in [5.74, 6) is 1.39. The van der Waals surface area contributed by atoms with Gasteiger partial charge in [-0.2, -0.15) is 5.10 Å². The zero-order chi connectivity index (χ0) is 18.9. The molecular formula is C19H21BrN2O4. The normalized spacial score (nSPS) is 10.6. The highest BCUT2D eigenvalue weighted by atomic mass is 79.9. The van der Waals surface area contributed by atoms with Crippen molar-refractivity contribution in [2.45, 2.75) is 13.3 Å². The Morgan fingerprint density at radius 3 is 2.54 bits per heavy atom. The molecule has 0 heterocycles. The summed E-state index contributed by atoms with van der Waals surface area (Å²) in [7, 11) is 3.06. The highest BCUT2D eigenvalue weighted by Crippen LogP contribution is 2.27. The monoisotopic (exact) mass is 420 g/mol. The van der Waals surface area contributed by atoms with E-state index in [1.807, 2.05) is 25.1 Å². The number of hydrogen-bond donors (Lipinski definition) is 1. The number of halogens is 1. The first-order chi connectivity index (χ1) is 12.6. The summed E-state index contributed by atoms with van der Waals surface area (Å²) in [5, 5.41) is 4.03. The summed E-state index contributed by atoms with van der Waals surface area (Å²) >= 11 is 3.42. The second-order valence-electron chi connectivity index (χ2n) is 5.30. The van der Waals surface area contributed by atoms with Crippen LogP contribution in [0.5, 0.6) is 17.2 Å². The fraction of sp³-hybridized carbons (Fsp3) is 0.263. The number of hydrazone groups is 1. The van der Waals surface area contributed by atoms with Gasteiger partial charge in [-0.05, 0) is 42.8 Å². The maximum atomic E-state index is 12.3. The standard InChI is InChI=1S/C19H21BrN2O4/c1-4-9-26-16-8-6-15(20)10-14(16)12-21-22-19(23)13-5-7-17(24-2)18(11-13)25-3/h5-8,10-12H,4,9H2,1-3H3,(H,22,23)/b21-12+. The lowest BCUT2D eigenvalue weighted by molar-refractivity contribution is 0.0954. The van der Waals surface area contributed by atoms with Crippen LogP contribution in [0.2, 0.25) is 0 Å². The molecule has 2 aromatic carbocycles. The summed E-state index contributed by atoms with van der Waals surface area (Å²) in [6.07, 6.45) is 2.46. The van der Waals surface area contributed by atoms with Crippen LogP contribution < -0.4 is 19.6 Å². The van der Waals surface area contributed by atoms with Crippen molar-refractivity contribution in [2.75, 3.05) is 20.8 Å². The van der Waals surface area contributed by atoms with Crippen molar-refractivity contribution >= 4 is 28.1 Å². The predicted molar refractivity (Wildman–Crippen MR) is 105 cm³/mol. The number of carbonyl (C=O) groups excluding carboxylic acids is 1. The molecule has 0 aromatic heterocycles. The van der Waals surface area contributed by atoms with Gasteiger partial charge in [0.2, 0.25) is 0 Å². The van der Waals surface area contributed by atoms with Gasteiger partial charge in [-0.25, -0.2) is 5.43 Å². The average Bonchev–Trinajstić information content (AvgIpc) is 2.66. The summed E-state index contributed by atoms with van der Waals surface area (Å²) in [6.45, 7) is 2.65. The first-order valence-electron chi connectivity index (χ1n) is 8.06. The summed E-state index contributed by atoms with van der Waals surface area (Å²) in [5.41, 5.74) is 3.68. The number of carbonyl (C=O) groups is 1. The number of ether oxygens (including phenoxy) is 3. The fourth-order valence-corrected chi connectivity index (χ4v) is 2.54. The molecule has 0 aliphatic heterocycles. The molecule has 26 heavy (non-hydrogen) atoms. The molecule has 7 heteroatoms. The average molecular weight is 421 g/mol. The van der Waals surface area contributed by atoms with E-state index in [4.69, 9.17) is 14.2 Å². The Morgan fingerprint density at radius 2 is 1.85 bits per heavy atom. The van der Waals surface area contributed by atoms with Crippen LogP contribution in [0.4, 0.5) is 0 Å². The van der Waals surface area contributed by atoms with E-state index in [1.165, 1.54) is 14.2 Å². The van der Waals surface area contributed by atoms with Gasteiger partial charge in [0.15, 0.2) is 11.5 Å². The van der Waals surface area contributed by atoms with Crippen LogP contribution in [0.25, 0.3) is 0 Å². The minimum absolute atomic E-state index is 0.353. The van der Waals surface area contributed by atoms with Crippen molar-refractivity contribution in [3.8, 4) is 17.2 Å². The van der Waals surface area contributed by atoms with Crippen LogP contribution >= 0.6 is 15.9 Å². The molecule has 138 valence electrons. The zero-order valence-corrected chi connectivity index (χ0v) is 16.5. The lowest BCUT2D eigenvalue weighted by Crippen LogP contribution is -2.17. The van der Waals surface area contributed by atoms with Crippen LogP contribution in [-0.2, 0) is 0 Å². The second kappa shape index (κ2) is 9.82. The van der Waals surface area contributed by atoms with E-state index in [2.05, 4.69) is 26.5 Å². The number of nitrogens with one attached hydrogen (secondary N) is 1. The molecular weight excluding hydrogens is 400 g/mol. The van der Waals surface area contributed by atoms with Crippen molar-refractivity contribution in [1.82, 2.24) is 5.43 Å². The Balaban J connectivity index is 2.10. The van der Waals surface area contributed by atoms with Crippen LogP contribution in [0, 0.1) is 0 Å². The van der Waals surface area contributed by atoms with Gasteiger partial charge >= 0.3 is 0 Å². The van der Waals surface area contributed by atoms with Gasteiger partial charge in [0.25, 0.3) is 5.91 Å². The summed E-state index contributed by atoms with van der Waals surface area (Å²) in [4.78, 5) is 12.3. The van der Waals surface area contributed by atoms with E-state index in [9.17, 15) is 4.79 Å². The van der Waals surface area contributed by atoms with Gasteiger partial charge in [0.1, 0.15) is 5.75 Å². The third kappa shape index (κ3) is 5.23. The molecule has 1 N–H and O–H groups in total. The smallest absolute Gasteiger partial charge is 0.271 e. The van der Waals surface area contributed by atoms with Crippen molar-refractivity contribution in [2.24, 2.45) is 5.10 Å². The number of hydrogen-bond acceptors (Lipinski definition) is 5. The summed E-state index contributed by atoms with van der Waals surface area (Å²) in [6, 6.07) is 10.5. The molecule has 0 bridgehead atoms. The highest BCUT2D eigenvalue weighted by Gasteiger charge is 2.10. The van der Waals surface area contributed by atoms with E-state index < -0.39 is 0 Å². The van der Waals surface area contributed by atoms with E-state index in [1.54, 1.807) is 24.4 Å². The maximum Gasteiger partial charge on any atom is 0.271 e. The van der Waals surface area contributed by atoms with Crippen molar-refractivity contribution in [3.05, 3.63) is 52.0 Å². The molecule has 0 spiro atoms. The van der Waals surface area contributed by atoms with Gasteiger partial charge in [0.05, 0.1) is 27.0 Å². The number of amides is 1. The SMILES string of the molecule is CCCOc1ccc(Br)cc1/C=N/NC(=O)c1ccc(OC)c(OC)c1. The van der Waals surface area contributed by atoms with Gasteiger partial charge in [0, 0.05) is 15.6 Å². The number of methoxy groups -OCH3 is 2. The molecule has 0 radical (unpaired) electrons. The Bertz CT molecular complexity index is 793. The third-order valence-corrected chi connectivity index (χ3v) is 3.94. The molecule has 0 unspecified atom stereocenters. The van der Waals surface area contributed by atoms with Gasteiger partial charge < -0.3 is 14.2 Å². The molecule has 0 aliphatic carbocycles. The highest BCUT2D eigenvalue weighted by molar-refractivity contribution is 9.10. The maximum absolute atomic E-state index is 12.3. The van der Waals surface area contributed by atoms with Crippen LogP contribution in [0.1, 0.15) is 29.3 Å². The molecule has 0 saturated carbocycles. The van der Waals surface area contributed by atoms with E-state index in [0.717, 1.165) is 16.5 Å². The Labute approximate surface area is 161 Å². The molecule has 6 nitrogen and oxygen atoms in total. The molecule has 1 amide bonds. The van der Waals surface area contributed by atoms with E-state index in [-0.39, 0.29) is 5.91 Å². The van der Waals surface area contributed by atoms with Gasteiger partial charge in [-0.1, -0.05) is 22.9 Å². The number of nitrogens with zero attached hydrogens (tertiary/aromatic N) is 1. The van der Waals surface area contributed by atoms with Crippen LogP contribution in [0.15, 0.2) is 46.0 Å². The van der Waals surface area contributed by atoms with Gasteiger partial charge in [-0.3, -0.25) is 4.79 Å². The van der Waals surface area contributed by atoms with E-state index in [0.29, 0.717) is 29.4 Å². The van der Waals surface area contributed by atoms with Crippen molar-refractivity contribution < 1.29 is 19.0 Å². The Kier molecular flexibility index (Phi) is 7.47. The quantitative estimate of drug-likeness (QED) is 0.517. The molecule has 0 aliphatic rings. The molecule has 0 fully saturated rings. The zero-order valence-electron chi connectivity index (χ0n) is 14.9. The molecule has 0 atom stereocenters. The van der Waals surface area contributed by atoms with Crippen LogP contribution in [0.3, 0.4) is 0 Å². The third-order valence-electron chi connectivity index (χ3n) is 3.45. The predicted octanol–water partition coefficient (Wildman–Crippen LogP) is 4.02. The fourth-order valence-electron chi connectivity index (χ4n) is 2.17. The largest absolute Gasteiger partial charge is 0.493 e. The van der Waals surface area contributed by atoms with Crippen molar-refractivity contribution in [3.63, 3.8) is 0 Å². The second-order valence-corrected chi connectivity index (χ2v) is 6.22. The molecule has 2 aromatic rings. The Hall–Kier alpha value is -2.54. The van der Waals surface area contributed by atoms with Crippen LogP contribution in [-0.4, -0.2) is 32.9 Å². The summed E-state index contributed by atoms with van der Waals surface area (Å²) < 4.78 is 16.9. The first kappa shape index (κ1) is 19.8. The lowest BCUT2D eigenvalue weighted by atomic mass is 10.2. The van der Waals surface area contributed by atoms with Gasteiger partial charge in [-0.15, -0.1) is 0 Å². The first-order valence-corrected chi connectivity index (χ1v) is 8.86. The minimum atomic E-state index is -0.353. The van der Waals surface area contributed by atoms with E-state index >= 15 is 0 Å². The lowest BCUT2D eigenvalue weighted by Gasteiger charge is -2.09. The number of rotatable bonds is 8. The number of benzene rings is 2. The molecule has 2 rings (SSSR count). The van der Waals surface area contributed by atoms with Crippen molar-refractivity contribution in [1.29, 1.82) is 0 Å². The minimum Gasteiger partial charge on any atom is -0.493 e. The molecule has 0 saturated heterocycles. The Morgan fingerprint density at radius 1 is 1.12 bits per heavy atom. The topological polar surface area (TPSA) is 69.2 Å².